The molecule has 0 aliphatic heterocycles. The van der Waals surface area contributed by atoms with Crippen LogP contribution in [0.2, 0.25) is 0 Å². The molecule has 1 heteroatoms. The molecule has 1 N–H and O–H groups in total. The van der Waals surface area contributed by atoms with E-state index in [2.05, 4.69) is 0 Å². The summed E-state index contributed by atoms with van der Waals surface area (Å²) < 4.78 is 7.79. The van der Waals surface area contributed by atoms with Crippen molar-refractivity contribution >= 4 is 0 Å². The van der Waals surface area contributed by atoms with Gasteiger partial charge in [-0.05, 0) is 12.3 Å². The lowest BCUT2D eigenvalue weighted by molar-refractivity contribution is 0.342. The Balaban J connectivity index is 2.60. The van der Waals surface area contributed by atoms with Crippen LogP contribution < -0.4 is 0 Å². The summed E-state index contributed by atoms with van der Waals surface area (Å²) in [6.07, 6.45) is 11.6. The van der Waals surface area contributed by atoms with E-state index >= 15 is 0 Å². The molecule has 1 rings (SSSR count). The van der Waals surface area contributed by atoms with Crippen molar-refractivity contribution in [3.8, 4) is 0 Å². The topological polar surface area (TPSA) is 20.2 Å². The van der Waals surface area contributed by atoms with Crippen LogP contribution in [0, 0.1) is 5.89 Å². The Kier molecular flexibility index (Phi) is 2.41. The van der Waals surface area contributed by atoms with Gasteiger partial charge in [0.05, 0.1) is 6.61 Å². The number of allylic oxidation sites excluding steroid dienone is 5. The SMILES string of the molecule is [2H]C1(C=CCO)C=CC=CC1. The summed E-state index contributed by atoms with van der Waals surface area (Å²) >= 11 is 0. The van der Waals surface area contributed by atoms with E-state index in [0.717, 1.165) is 0 Å². The van der Waals surface area contributed by atoms with Crippen LogP contribution in [0.15, 0.2) is 36.5 Å². The number of aliphatic hydroxyl groups excluding tert-OH is 1. The molecule has 0 aromatic rings. The van der Waals surface area contributed by atoms with Gasteiger partial charge in [0.1, 0.15) is 0 Å². The highest BCUT2D eigenvalue weighted by Crippen LogP contribution is 2.11. The third-order valence-electron chi connectivity index (χ3n) is 1.35. The van der Waals surface area contributed by atoms with Gasteiger partial charge >= 0.3 is 0 Å². The van der Waals surface area contributed by atoms with Crippen molar-refractivity contribution in [1.82, 2.24) is 0 Å². The molecule has 1 aliphatic rings. The normalized spacial score (nSPS) is 33.1. The van der Waals surface area contributed by atoms with Crippen LogP contribution >= 0.6 is 0 Å². The van der Waals surface area contributed by atoms with E-state index in [9.17, 15) is 0 Å². The number of hydrogen-bond donors (Lipinski definition) is 1. The maximum Gasteiger partial charge on any atom is 0.0612 e. The molecule has 0 amide bonds. The fourth-order valence-corrected chi connectivity index (χ4v) is 0.858. The molecule has 10 heavy (non-hydrogen) atoms. The van der Waals surface area contributed by atoms with Crippen molar-refractivity contribution in [3.63, 3.8) is 0 Å². The highest BCUT2D eigenvalue weighted by molar-refractivity contribution is 5.15. The fourth-order valence-electron chi connectivity index (χ4n) is 0.858. The average molecular weight is 137 g/mol. The van der Waals surface area contributed by atoms with E-state index in [1.807, 2.05) is 24.3 Å². The summed E-state index contributed by atoms with van der Waals surface area (Å²) in [4.78, 5) is 0. The molecule has 0 saturated carbocycles. The molecule has 1 unspecified atom stereocenters. The molecule has 1 nitrogen and oxygen atoms in total. The summed E-state index contributed by atoms with van der Waals surface area (Å²) in [6, 6.07) is 0. The van der Waals surface area contributed by atoms with Crippen molar-refractivity contribution in [1.29, 1.82) is 0 Å². The van der Waals surface area contributed by atoms with Crippen LogP contribution in [0.1, 0.15) is 7.79 Å². The minimum Gasteiger partial charge on any atom is -0.392 e. The molecule has 0 aromatic heterocycles. The minimum absolute atomic E-state index is 0.0121. The van der Waals surface area contributed by atoms with Gasteiger partial charge in [0.15, 0.2) is 0 Å². The highest BCUT2D eigenvalue weighted by Gasteiger charge is 1.97. The van der Waals surface area contributed by atoms with Gasteiger partial charge in [-0.25, -0.2) is 0 Å². The van der Waals surface area contributed by atoms with Crippen molar-refractivity contribution in [3.05, 3.63) is 36.5 Å². The van der Waals surface area contributed by atoms with Gasteiger partial charge in [0, 0.05) is 1.37 Å². The number of aliphatic hydroxyl groups is 1. The van der Waals surface area contributed by atoms with Gasteiger partial charge in [-0.1, -0.05) is 36.5 Å². The lowest BCUT2D eigenvalue weighted by atomic mass is 10.0. The average Bonchev–Trinajstić information content (AvgIpc) is 2.03. The smallest absolute Gasteiger partial charge is 0.0612 e. The van der Waals surface area contributed by atoms with Crippen molar-refractivity contribution < 1.29 is 6.48 Å². The quantitative estimate of drug-likeness (QED) is 0.574. The van der Waals surface area contributed by atoms with Crippen LogP contribution in [0.3, 0.4) is 0 Å². The Morgan fingerprint density at radius 3 is 3.20 bits per heavy atom. The second-order valence-electron chi connectivity index (χ2n) is 2.15. The maximum atomic E-state index is 8.50. The summed E-state index contributed by atoms with van der Waals surface area (Å²) in [5, 5.41) is 8.50. The lowest BCUT2D eigenvalue weighted by Gasteiger charge is -2.05. The zero-order valence-electron chi connectivity index (χ0n) is 6.83. The summed E-state index contributed by atoms with van der Waals surface area (Å²) in [5.74, 6) is -0.627. The third kappa shape index (κ3) is 2.19. The van der Waals surface area contributed by atoms with E-state index in [0.29, 0.717) is 6.42 Å². The van der Waals surface area contributed by atoms with Crippen LogP contribution in [0.5, 0.6) is 0 Å². The highest BCUT2D eigenvalue weighted by atomic mass is 16.2. The second kappa shape index (κ2) is 4.07. The van der Waals surface area contributed by atoms with Crippen LogP contribution in [-0.2, 0) is 0 Å². The minimum atomic E-state index is -0.627. The van der Waals surface area contributed by atoms with E-state index in [1.54, 1.807) is 12.2 Å². The molecule has 1 atom stereocenters. The first-order valence-electron chi connectivity index (χ1n) is 3.90. The Labute approximate surface area is 62.8 Å². The van der Waals surface area contributed by atoms with Crippen molar-refractivity contribution in [2.45, 2.75) is 6.42 Å². The lowest BCUT2D eigenvalue weighted by Crippen LogP contribution is -1.92. The molecule has 0 fully saturated rings. The largest absolute Gasteiger partial charge is 0.392 e. The molecular weight excluding hydrogens is 124 g/mol. The Bertz CT molecular complexity index is 206. The Morgan fingerprint density at radius 2 is 2.60 bits per heavy atom. The van der Waals surface area contributed by atoms with Crippen molar-refractivity contribution in [2.24, 2.45) is 5.89 Å². The first-order valence-corrected chi connectivity index (χ1v) is 3.40. The molecule has 0 aromatic carbocycles. The van der Waals surface area contributed by atoms with Gasteiger partial charge < -0.3 is 5.11 Å². The second-order valence-corrected chi connectivity index (χ2v) is 2.15. The van der Waals surface area contributed by atoms with E-state index in [4.69, 9.17) is 6.48 Å². The van der Waals surface area contributed by atoms with Gasteiger partial charge in [0.2, 0.25) is 0 Å². The fraction of sp³-hybridized carbons (Fsp3) is 0.333. The molecular formula is C9H12O. The molecule has 1 aliphatic carbocycles. The third-order valence-corrected chi connectivity index (χ3v) is 1.35. The molecule has 0 radical (unpaired) electrons. The monoisotopic (exact) mass is 137 g/mol. The van der Waals surface area contributed by atoms with E-state index < -0.39 is 5.89 Å². The van der Waals surface area contributed by atoms with Crippen LogP contribution in [0.25, 0.3) is 0 Å². The van der Waals surface area contributed by atoms with Gasteiger partial charge in [0.25, 0.3) is 0 Å². The van der Waals surface area contributed by atoms with Crippen molar-refractivity contribution in [2.75, 3.05) is 6.61 Å². The molecule has 0 bridgehead atoms. The Hall–Kier alpha value is -0.820. The van der Waals surface area contributed by atoms with E-state index in [1.165, 1.54) is 0 Å². The van der Waals surface area contributed by atoms with Gasteiger partial charge in [-0.15, -0.1) is 0 Å². The zero-order chi connectivity index (χ0) is 8.16. The summed E-state index contributed by atoms with van der Waals surface area (Å²) in [7, 11) is 0. The van der Waals surface area contributed by atoms with Gasteiger partial charge in [-0.2, -0.15) is 0 Å². The number of rotatable bonds is 2. The van der Waals surface area contributed by atoms with Crippen LogP contribution in [0.4, 0.5) is 0 Å². The predicted molar refractivity (Wildman–Crippen MR) is 42.6 cm³/mol. The zero-order valence-corrected chi connectivity index (χ0v) is 5.83. The standard InChI is InChI=1S/C9H12O/c10-8-4-7-9-5-2-1-3-6-9/h1-5,7,9-10H,6,8H2/i9D. The van der Waals surface area contributed by atoms with Crippen LogP contribution in [-0.4, -0.2) is 11.7 Å². The molecule has 0 spiro atoms. The molecule has 54 valence electrons. The maximum absolute atomic E-state index is 8.50. The van der Waals surface area contributed by atoms with Gasteiger partial charge in [-0.3, -0.25) is 0 Å². The summed E-state index contributed by atoms with van der Waals surface area (Å²) in [6.45, 7) is 0.0121. The van der Waals surface area contributed by atoms with E-state index in [-0.39, 0.29) is 6.61 Å². The Morgan fingerprint density at radius 1 is 1.70 bits per heavy atom. The molecule has 0 saturated heterocycles. The predicted octanol–water partition coefficient (Wildman–Crippen LogP) is 1.67. The molecule has 0 heterocycles. The number of hydrogen-bond acceptors (Lipinski definition) is 1. The summed E-state index contributed by atoms with van der Waals surface area (Å²) in [5.41, 5.74) is 0. The first kappa shape index (κ1) is 5.93. The first-order chi connectivity index (χ1) is 5.27.